The van der Waals surface area contributed by atoms with Crippen molar-refractivity contribution >= 4 is 19.8 Å². The van der Waals surface area contributed by atoms with E-state index >= 15 is 0 Å². The zero-order valence-corrected chi connectivity index (χ0v) is 33.0. The first-order chi connectivity index (χ1) is 24.8. The summed E-state index contributed by atoms with van der Waals surface area (Å²) in [6.45, 7) is 3.51. The summed E-state index contributed by atoms with van der Waals surface area (Å²) in [5.41, 5.74) is 5.33. The highest BCUT2D eigenvalue weighted by atomic mass is 31.2. The van der Waals surface area contributed by atoms with E-state index in [1.807, 2.05) is 6.08 Å². The number of nitrogens with two attached hydrogens (primary N) is 1. The predicted molar refractivity (Wildman–Crippen MR) is 210 cm³/mol. The fraction of sp³-hybridized carbons (Fsp3) is 0.707. The van der Waals surface area contributed by atoms with Gasteiger partial charge in [-0.3, -0.25) is 18.6 Å². The first-order valence-electron chi connectivity index (χ1n) is 19.8. The number of phosphoric acid groups is 1. The van der Waals surface area contributed by atoms with Crippen LogP contribution in [0.1, 0.15) is 155 Å². The third-order valence-electron chi connectivity index (χ3n) is 7.90. The molecule has 0 aliphatic carbocycles. The summed E-state index contributed by atoms with van der Waals surface area (Å²) in [6.07, 6.45) is 42.7. The number of hydrogen-bond acceptors (Lipinski definition) is 8. The minimum Gasteiger partial charge on any atom is -0.462 e. The van der Waals surface area contributed by atoms with Crippen molar-refractivity contribution in [2.75, 3.05) is 26.4 Å². The molecule has 0 spiro atoms. The third kappa shape index (κ3) is 37.3. The second kappa shape index (κ2) is 37.5. The van der Waals surface area contributed by atoms with Gasteiger partial charge >= 0.3 is 19.8 Å². The van der Waals surface area contributed by atoms with E-state index < -0.39 is 32.5 Å². The molecule has 9 nitrogen and oxygen atoms in total. The molecule has 3 N–H and O–H groups in total. The Balaban J connectivity index is 4.33. The lowest BCUT2D eigenvalue weighted by atomic mass is 10.1. The average molecular weight is 738 g/mol. The van der Waals surface area contributed by atoms with Gasteiger partial charge in [-0.15, -0.1) is 0 Å². The van der Waals surface area contributed by atoms with Gasteiger partial charge in [-0.1, -0.05) is 139 Å². The molecule has 0 aliphatic rings. The van der Waals surface area contributed by atoms with E-state index in [1.54, 1.807) is 0 Å². The Labute approximate surface area is 310 Å². The van der Waals surface area contributed by atoms with Crippen molar-refractivity contribution in [1.82, 2.24) is 0 Å². The van der Waals surface area contributed by atoms with Gasteiger partial charge in [0.1, 0.15) is 6.61 Å². The Kier molecular flexibility index (Phi) is 35.8. The zero-order chi connectivity index (χ0) is 37.5. The molecular formula is C41H72NO8P. The number of esters is 2. The Hall–Kier alpha value is -2.29. The van der Waals surface area contributed by atoms with Crippen LogP contribution in [0.15, 0.2) is 60.8 Å². The lowest BCUT2D eigenvalue weighted by molar-refractivity contribution is -0.161. The summed E-state index contributed by atoms with van der Waals surface area (Å²) in [4.78, 5) is 34.7. The van der Waals surface area contributed by atoms with Gasteiger partial charge in [0.2, 0.25) is 0 Å². The van der Waals surface area contributed by atoms with E-state index in [2.05, 4.69) is 68.5 Å². The molecule has 0 bridgehead atoms. The number of phosphoric ester groups is 1. The first kappa shape index (κ1) is 48.7. The maximum Gasteiger partial charge on any atom is 0.472 e. The molecule has 0 rings (SSSR count). The van der Waals surface area contributed by atoms with E-state index in [1.165, 1.54) is 64.2 Å². The van der Waals surface area contributed by atoms with Crippen molar-refractivity contribution in [2.45, 2.75) is 161 Å². The van der Waals surface area contributed by atoms with Crippen molar-refractivity contribution in [3.8, 4) is 0 Å². The lowest BCUT2D eigenvalue weighted by Gasteiger charge is -2.19. The van der Waals surface area contributed by atoms with Gasteiger partial charge in [0.05, 0.1) is 13.2 Å². The molecule has 0 aromatic heterocycles. The van der Waals surface area contributed by atoms with Crippen LogP contribution >= 0.6 is 7.82 Å². The average Bonchev–Trinajstić information content (AvgIpc) is 3.11. The molecule has 0 fully saturated rings. The van der Waals surface area contributed by atoms with Crippen molar-refractivity contribution in [3.63, 3.8) is 0 Å². The van der Waals surface area contributed by atoms with Gasteiger partial charge in [0, 0.05) is 19.4 Å². The minimum absolute atomic E-state index is 0.0407. The Morgan fingerprint density at radius 3 is 1.71 bits per heavy atom. The van der Waals surface area contributed by atoms with Crippen molar-refractivity contribution in [2.24, 2.45) is 5.73 Å². The topological polar surface area (TPSA) is 134 Å². The number of ether oxygens (including phenoxy) is 2. The number of allylic oxidation sites excluding steroid dienone is 10. The quantitative estimate of drug-likeness (QED) is 0.0279. The first-order valence-corrected chi connectivity index (χ1v) is 21.3. The van der Waals surface area contributed by atoms with Crippen LogP contribution in [0.25, 0.3) is 0 Å². The van der Waals surface area contributed by atoms with E-state index in [4.69, 9.17) is 24.3 Å². The van der Waals surface area contributed by atoms with Crippen LogP contribution in [-0.4, -0.2) is 49.3 Å². The number of unbranched alkanes of at least 4 members (excludes halogenated alkanes) is 13. The van der Waals surface area contributed by atoms with Crippen LogP contribution in [0.4, 0.5) is 0 Å². The maximum atomic E-state index is 12.5. The Morgan fingerprint density at radius 2 is 1.12 bits per heavy atom. The SMILES string of the molecule is CC/C=C/C/C=C/C/C=C/C/C=C/CCCCC(=O)OC[C@H](COP(=O)(O)OCCN)OC(=O)CC/C=C/CCCCCCCCCCCCC. The van der Waals surface area contributed by atoms with Gasteiger partial charge in [-0.25, -0.2) is 4.57 Å². The lowest BCUT2D eigenvalue weighted by Crippen LogP contribution is -2.29. The summed E-state index contributed by atoms with van der Waals surface area (Å²) < 4.78 is 32.6. The highest BCUT2D eigenvalue weighted by Crippen LogP contribution is 2.43. The molecule has 1 unspecified atom stereocenters. The normalized spacial score (nSPS) is 14.0. The smallest absolute Gasteiger partial charge is 0.462 e. The van der Waals surface area contributed by atoms with Crippen LogP contribution in [-0.2, 0) is 32.7 Å². The molecule has 294 valence electrons. The zero-order valence-electron chi connectivity index (χ0n) is 32.1. The van der Waals surface area contributed by atoms with E-state index in [0.29, 0.717) is 12.8 Å². The van der Waals surface area contributed by atoms with Crippen molar-refractivity contribution in [3.05, 3.63) is 60.8 Å². The summed E-state index contributed by atoms with van der Waals surface area (Å²) >= 11 is 0. The number of rotatable bonds is 36. The molecule has 0 saturated carbocycles. The molecule has 0 aliphatic heterocycles. The summed E-state index contributed by atoms with van der Waals surface area (Å²) in [7, 11) is -4.39. The summed E-state index contributed by atoms with van der Waals surface area (Å²) in [5, 5.41) is 0. The third-order valence-corrected chi connectivity index (χ3v) is 8.89. The largest absolute Gasteiger partial charge is 0.472 e. The second-order valence-electron chi connectivity index (χ2n) is 12.8. The van der Waals surface area contributed by atoms with Gasteiger partial charge in [0.15, 0.2) is 6.10 Å². The maximum absolute atomic E-state index is 12.5. The van der Waals surface area contributed by atoms with Crippen LogP contribution in [0, 0.1) is 0 Å². The van der Waals surface area contributed by atoms with Gasteiger partial charge in [-0.05, 0) is 64.2 Å². The second-order valence-corrected chi connectivity index (χ2v) is 14.2. The Morgan fingerprint density at radius 1 is 0.608 bits per heavy atom. The molecule has 0 amide bonds. The molecule has 0 radical (unpaired) electrons. The minimum atomic E-state index is -4.39. The molecule has 51 heavy (non-hydrogen) atoms. The number of carbonyl (C=O) groups excluding carboxylic acids is 2. The van der Waals surface area contributed by atoms with E-state index in [9.17, 15) is 19.0 Å². The molecule has 0 aromatic carbocycles. The van der Waals surface area contributed by atoms with E-state index in [0.717, 1.165) is 51.4 Å². The van der Waals surface area contributed by atoms with Crippen LogP contribution in [0.3, 0.4) is 0 Å². The monoisotopic (exact) mass is 737 g/mol. The van der Waals surface area contributed by atoms with Crippen molar-refractivity contribution < 1.29 is 37.6 Å². The Bertz CT molecular complexity index is 1020. The molecule has 0 aromatic rings. The number of hydrogen-bond donors (Lipinski definition) is 2. The number of carbonyl (C=O) groups is 2. The summed E-state index contributed by atoms with van der Waals surface area (Å²) in [5.74, 6) is -0.939. The fourth-order valence-corrected chi connectivity index (χ4v) is 5.76. The standard InChI is InChI=1S/C41H72NO8P/c1-3-5-7-9-11-13-15-17-19-21-23-25-27-29-31-33-40(43)47-37-39(38-49-51(45,46)48-36-35-42)50-41(44)34-32-30-28-26-24-22-20-18-16-14-12-10-8-6-4-2/h5,7,11,13,17,19,23,25,28,30,39H,3-4,6,8-10,12,14-16,18,20-22,24,26-27,29,31-38,42H2,1-2H3,(H,45,46)/b7-5+,13-11+,19-17+,25-23+,30-28+/t39-/m1/s1. The molecule has 0 heterocycles. The highest BCUT2D eigenvalue weighted by molar-refractivity contribution is 7.47. The molecule has 0 saturated heterocycles. The molecule has 10 heteroatoms. The molecule has 2 atom stereocenters. The van der Waals surface area contributed by atoms with Crippen molar-refractivity contribution in [1.29, 1.82) is 0 Å². The van der Waals surface area contributed by atoms with Gasteiger partial charge in [0.25, 0.3) is 0 Å². The highest BCUT2D eigenvalue weighted by Gasteiger charge is 2.25. The fourth-order valence-electron chi connectivity index (χ4n) is 4.99. The van der Waals surface area contributed by atoms with Gasteiger partial charge in [-0.2, -0.15) is 0 Å². The van der Waals surface area contributed by atoms with E-state index in [-0.39, 0.29) is 32.6 Å². The predicted octanol–water partition coefficient (Wildman–Crippen LogP) is 10.9. The van der Waals surface area contributed by atoms with Gasteiger partial charge < -0.3 is 20.1 Å². The molecular weight excluding hydrogens is 665 g/mol. The van der Waals surface area contributed by atoms with Crippen LogP contribution in [0.2, 0.25) is 0 Å². The van der Waals surface area contributed by atoms with Crippen LogP contribution in [0.5, 0.6) is 0 Å². The summed E-state index contributed by atoms with van der Waals surface area (Å²) in [6, 6.07) is 0. The van der Waals surface area contributed by atoms with Crippen LogP contribution < -0.4 is 5.73 Å².